The molecule has 4 rings (SSSR count). The van der Waals surface area contributed by atoms with Gasteiger partial charge in [0, 0.05) is 30.8 Å². The summed E-state index contributed by atoms with van der Waals surface area (Å²) >= 11 is 0. The molecule has 2 atom stereocenters. The minimum absolute atomic E-state index is 0.0611. The first-order chi connectivity index (χ1) is 14.1. The van der Waals surface area contributed by atoms with E-state index in [9.17, 15) is 9.59 Å². The lowest BCUT2D eigenvalue weighted by Gasteiger charge is -2.40. The molecule has 8 nitrogen and oxygen atoms in total. The Morgan fingerprint density at radius 1 is 1.28 bits per heavy atom. The van der Waals surface area contributed by atoms with E-state index in [4.69, 9.17) is 9.63 Å². The van der Waals surface area contributed by atoms with Crippen molar-refractivity contribution in [3.8, 4) is 11.3 Å². The van der Waals surface area contributed by atoms with Gasteiger partial charge in [-0.25, -0.2) is 0 Å². The first kappa shape index (κ1) is 19.6. The molecule has 0 bridgehead atoms. The molecule has 2 aliphatic heterocycles. The van der Waals surface area contributed by atoms with Gasteiger partial charge in [0.25, 0.3) is 5.91 Å². The number of fused-ring (bicyclic) bond motifs is 1. The Morgan fingerprint density at radius 2 is 2.10 bits per heavy atom. The number of nitrogens with zero attached hydrogens (tertiary/aromatic N) is 2. The normalized spacial score (nSPS) is 24.1. The predicted octanol–water partition coefficient (Wildman–Crippen LogP) is 1.18. The lowest BCUT2D eigenvalue weighted by molar-refractivity contribution is -0.134. The van der Waals surface area contributed by atoms with Gasteiger partial charge in [-0.2, -0.15) is 0 Å². The van der Waals surface area contributed by atoms with E-state index >= 15 is 0 Å². The molecule has 2 aliphatic rings. The maximum atomic E-state index is 12.8. The Labute approximate surface area is 169 Å². The quantitative estimate of drug-likeness (QED) is 0.674. The molecule has 0 saturated carbocycles. The van der Waals surface area contributed by atoms with Crippen molar-refractivity contribution in [3.63, 3.8) is 0 Å². The van der Waals surface area contributed by atoms with Crippen LogP contribution < -0.4 is 10.6 Å². The molecule has 154 valence electrons. The second kappa shape index (κ2) is 8.34. The fourth-order valence-corrected chi connectivity index (χ4v) is 4.49. The molecule has 2 aromatic rings. The maximum absolute atomic E-state index is 12.8. The zero-order chi connectivity index (χ0) is 20.3. The summed E-state index contributed by atoms with van der Waals surface area (Å²) in [6, 6.07) is 11.0. The minimum Gasteiger partial charge on any atom is -0.395 e. The molecule has 0 radical (unpaired) electrons. The highest BCUT2D eigenvalue weighted by Gasteiger charge is 2.52. The molecule has 1 aromatic carbocycles. The molecular formula is C21H26N4O4. The predicted molar refractivity (Wildman–Crippen MR) is 106 cm³/mol. The highest BCUT2D eigenvalue weighted by Crippen LogP contribution is 2.38. The topological polar surface area (TPSA) is 108 Å². The lowest BCUT2D eigenvalue weighted by atomic mass is 9.84. The van der Waals surface area contributed by atoms with Gasteiger partial charge in [0.05, 0.1) is 6.61 Å². The van der Waals surface area contributed by atoms with Crippen molar-refractivity contribution >= 4 is 11.8 Å². The Hall–Kier alpha value is -2.71. The average Bonchev–Trinajstić information content (AvgIpc) is 3.38. The Balaban J connectivity index is 1.44. The van der Waals surface area contributed by atoms with Crippen LogP contribution in [0.4, 0.5) is 0 Å². The van der Waals surface area contributed by atoms with Gasteiger partial charge in [0.1, 0.15) is 11.2 Å². The first-order valence-electron chi connectivity index (χ1n) is 10.1. The van der Waals surface area contributed by atoms with Crippen LogP contribution in [0.15, 0.2) is 40.9 Å². The van der Waals surface area contributed by atoms with E-state index in [0.29, 0.717) is 18.7 Å². The van der Waals surface area contributed by atoms with E-state index in [-0.39, 0.29) is 36.8 Å². The summed E-state index contributed by atoms with van der Waals surface area (Å²) < 4.78 is 5.25. The Bertz CT molecular complexity index is 869. The summed E-state index contributed by atoms with van der Waals surface area (Å²) in [6.45, 7) is 1.61. The number of nitrogens with one attached hydrogen (secondary N) is 2. The van der Waals surface area contributed by atoms with E-state index in [0.717, 1.165) is 31.4 Å². The number of carbonyl (C=O) groups is 2. The van der Waals surface area contributed by atoms with Crippen molar-refractivity contribution in [1.29, 1.82) is 0 Å². The smallest absolute Gasteiger partial charge is 0.290 e. The van der Waals surface area contributed by atoms with Crippen LogP contribution in [0.1, 0.15) is 36.2 Å². The van der Waals surface area contributed by atoms with E-state index in [1.165, 1.54) is 0 Å². The van der Waals surface area contributed by atoms with Crippen LogP contribution in [0.2, 0.25) is 0 Å². The van der Waals surface area contributed by atoms with Crippen molar-refractivity contribution in [2.24, 2.45) is 0 Å². The zero-order valence-electron chi connectivity index (χ0n) is 16.3. The van der Waals surface area contributed by atoms with Crippen molar-refractivity contribution in [2.45, 2.75) is 37.3 Å². The summed E-state index contributed by atoms with van der Waals surface area (Å²) in [5, 5.41) is 18.9. The fourth-order valence-electron chi connectivity index (χ4n) is 4.49. The molecule has 2 amide bonds. The van der Waals surface area contributed by atoms with Crippen molar-refractivity contribution in [2.75, 3.05) is 26.2 Å². The summed E-state index contributed by atoms with van der Waals surface area (Å²) in [5.74, 6) is -0.225. The molecule has 8 heteroatoms. The molecule has 29 heavy (non-hydrogen) atoms. The van der Waals surface area contributed by atoms with Gasteiger partial charge >= 0.3 is 0 Å². The van der Waals surface area contributed by atoms with Crippen LogP contribution in [0.5, 0.6) is 0 Å². The lowest BCUT2D eigenvalue weighted by Crippen LogP contribution is -2.57. The van der Waals surface area contributed by atoms with E-state index in [1.54, 1.807) is 6.07 Å². The van der Waals surface area contributed by atoms with Crippen LogP contribution >= 0.6 is 0 Å². The van der Waals surface area contributed by atoms with Crippen LogP contribution in [0.25, 0.3) is 11.3 Å². The minimum atomic E-state index is -0.609. The molecule has 0 unspecified atom stereocenters. The van der Waals surface area contributed by atoms with Crippen molar-refractivity contribution in [1.82, 2.24) is 20.7 Å². The molecule has 3 heterocycles. The molecule has 2 fully saturated rings. The number of rotatable bonds is 6. The SMILES string of the molecule is O=C(N[C@@H]1CN2CCCC[C@]2(C(=O)NCCO)C1)c1cc(-c2ccccc2)no1. The van der Waals surface area contributed by atoms with Crippen molar-refractivity contribution in [3.05, 3.63) is 42.2 Å². The molecular weight excluding hydrogens is 372 g/mol. The number of aromatic nitrogens is 1. The number of hydrogen-bond acceptors (Lipinski definition) is 6. The number of carbonyl (C=O) groups excluding carboxylic acids is 2. The van der Waals surface area contributed by atoms with Gasteiger partial charge in [-0.05, 0) is 32.2 Å². The number of benzene rings is 1. The van der Waals surface area contributed by atoms with Gasteiger partial charge in [-0.15, -0.1) is 0 Å². The van der Waals surface area contributed by atoms with Crippen LogP contribution in [0.3, 0.4) is 0 Å². The third-order valence-electron chi connectivity index (χ3n) is 5.86. The number of amides is 2. The van der Waals surface area contributed by atoms with Crippen LogP contribution in [0, 0.1) is 0 Å². The molecule has 1 aromatic heterocycles. The summed E-state index contributed by atoms with van der Waals surface area (Å²) in [6.07, 6.45) is 3.33. The van der Waals surface area contributed by atoms with Crippen LogP contribution in [-0.2, 0) is 4.79 Å². The largest absolute Gasteiger partial charge is 0.395 e. The standard InChI is InChI=1S/C21H26N4O4/c26-11-9-22-20(28)21-8-4-5-10-25(21)14-16(13-21)23-19(27)18-12-17(24-29-18)15-6-2-1-3-7-15/h1-3,6-7,12,16,26H,4-5,8-11,13-14H2,(H,22,28)(H,23,27)/t16-,21+/m0/s1. The Kier molecular flexibility index (Phi) is 5.64. The van der Waals surface area contributed by atoms with E-state index < -0.39 is 5.54 Å². The summed E-state index contributed by atoms with van der Waals surface area (Å²) in [7, 11) is 0. The Morgan fingerprint density at radius 3 is 2.90 bits per heavy atom. The highest BCUT2D eigenvalue weighted by atomic mass is 16.5. The number of hydrogen-bond donors (Lipinski definition) is 3. The van der Waals surface area contributed by atoms with Gasteiger partial charge in [-0.1, -0.05) is 35.5 Å². The first-order valence-corrected chi connectivity index (χ1v) is 10.1. The summed E-state index contributed by atoms with van der Waals surface area (Å²) in [4.78, 5) is 27.7. The number of piperidine rings is 1. The van der Waals surface area contributed by atoms with Crippen molar-refractivity contribution < 1.29 is 19.2 Å². The highest BCUT2D eigenvalue weighted by molar-refractivity contribution is 5.93. The molecule has 3 N–H and O–H groups in total. The third-order valence-corrected chi connectivity index (χ3v) is 5.86. The molecule has 0 aliphatic carbocycles. The molecule has 0 spiro atoms. The van der Waals surface area contributed by atoms with Gasteiger partial charge in [-0.3, -0.25) is 14.5 Å². The second-order valence-corrected chi connectivity index (χ2v) is 7.73. The van der Waals surface area contributed by atoms with E-state index in [1.807, 2.05) is 30.3 Å². The monoisotopic (exact) mass is 398 g/mol. The van der Waals surface area contributed by atoms with E-state index in [2.05, 4.69) is 20.7 Å². The zero-order valence-corrected chi connectivity index (χ0v) is 16.3. The summed E-state index contributed by atoms with van der Waals surface area (Å²) in [5.41, 5.74) is 0.884. The number of aliphatic hydroxyl groups excluding tert-OH is 1. The molecule has 2 saturated heterocycles. The number of aliphatic hydroxyl groups is 1. The van der Waals surface area contributed by atoms with Gasteiger partial charge in [0.2, 0.25) is 11.7 Å². The van der Waals surface area contributed by atoms with Crippen LogP contribution in [-0.4, -0.2) is 64.8 Å². The van der Waals surface area contributed by atoms with Gasteiger partial charge < -0.3 is 20.3 Å². The second-order valence-electron chi connectivity index (χ2n) is 7.73. The van der Waals surface area contributed by atoms with Gasteiger partial charge in [0.15, 0.2) is 0 Å². The third kappa shape index (κ3) is 3.90. The maximum Gasteiger partial charge on any atom is 0.290 e. The fraction of sp³-hybridized carbons (Fsp3) is 0.476. The average molecular weight is 398 g/mol.